The maximum absolute atomic E-state index is 11.6. The van der Waals surface area contributed by atoms with Gasteiger partial charge in [-0.3, -0.25) is 10.1 Å². The molecule has 1 N–H and O–H groups in total. The molecular weight excluding hydrogens is 218 g/mol. The third-order valence-electron chi connectivity index (χ3n) is 2.12. The number of hydrogen-bond acceptors (Lipinski definition) is 6. The summed E-state index contributed by atoms with van der Waals surface area (Å²) in [6, 6.07) is 0. The largest absolute Gasteiger partial charge is 0.472 e. The van der Waals surface area contributed by atoms with Gasteiger partial charge in [0, 0.05) is 18.1 Å². The topological polar surface area (TPSA) is 73.3 Å². The van der Waals surface area contributed by atoms with Crippen LogP contribution in [-0.2, 0) is 9.53 Å². The number of nitrogens with zero attached hydrogens (tertiary/aromatic N) is 2. The number of ether oxygens (including phenoxy) is 2. The average molecular weight is 229 g/mol. The van der Waals surface area contributed by atoms with E-state index in [4.69, 9.17) is 9.47 Å². The van der Waals surface area contributed by atoms with Gasteiger partial charge in [-0.2, -0.15) is 4.98 Å². The summed E-state index contributed by atoms with van der Waals surface area (Å²) in [5.74, 6) is 0.126. The third kappa shape index (κ3) is 2.42. The first-order valence-corrected chi connectivity index (χ1v) is 5.33. The number of carbonyl (C=O) groups is 1. The van der Waals surface area contributed by atoms with Crippen molar-refractivity contribution in [2.45, 2.75) is 6.42 Å². The molecule has 0 saturated carbocycles. The van der Waals surface area contributed by atoms with E-state index in [9.17, 15) is 4.79 Å². The van der Waals surface area contributed by atoms with E-state index in [2.05, 4.69) is 14.7 Å². The Morgan fingerprint density at radius 1 is 1.73 bits per heavy atom. The highest BCUT2D eigenvalue weighted by Crippen LogP contribution is 2.18. The van der Waals surface area contributed by atoms with Crippen LogP contribution in [0.2, 0.25) is 0 Å². The van der Waals surface area contributed by atoms with Gasteiger partial charge in [-0.25, -0.2) is 0 Å². The summed E-state index contributed by atoms with van der Waals surface area (Å²) >= 11 is 1.10. The van der Waals surface area contributed by atoms with Crippen molar-refractivity contribution in [3.8, 4) is 5.19 Å². The van der Waals surface area contributed by atoms with E-state index in [1.165, 1.54) is 7.11 Å². The molecule has 7 heteroatoms. The molecular formula is C8H11N3O3S. The Morgan fingerprint density at radius 2 is 2.60 bits per heavy atom. The highest BCUT2D eigenvalue weighted by molar-refractivity contribution is 7.07. The normalized spacial score (nSPS) is 20.2. The first-order chi connectivity index (χ1) is 7.29. The van der Waals surface area contributed by atoms with Crippen molar-refractivity contribution in [3.05, 3.63) is 0 Å². The summed E-state index contributed by atoms with van der Waals surface area (Å²) in [6.45, 7) is 1.12. The zero-order valence-corrected chi connectivity index (χ0v) is 9.04. The smallest absolute Gasteiger partial charge is 0.294 e. The van der Waals surface area contributed by atoms with Crippen LogP contribution in [0.1, 0.15) is 6.42 Å². The molecule has 1 fully saturated rings. The van der Waals surface area contributed by atoms with Gasteiger partial charge in [0.2, 0.25) is 11.9 Å². The molecule has 2 rings (SSSR count). The summed E-state index contributed by atoms with van der Waals surface area (Å²) in [4.78, 5) is 15.6. The number of nitrogens with one attached hydrogen (secondary N) is 1. The number of anilines is 1. The van der Waals surface area contributed by atoms with E-state index in [1.54, 1.807) is 0 Å². The van der Waals surface area contributed by atoms with Crippen molar-refractivity contribution in [2.75, 3.05) is 25.6 Å². The zero-order chi connectivity index (χ0) is 10.7. The Bertz CT molecular complexity index is 349. The Balaban J connectivity index is 1.92. The van der Waals surface area contributed by atoms with Crippen molar-refractivity contribution >= 4 is 23.4 Å². The monoisotopic (exact) mass is 229 g/mol. The van der Waals surface area contributed by atoms with Crippen molar-refractivity contribution in [3.63, 3.8) is 0 Å². The molecule has 15 heavy (non-hydrogen) atoms. The van der Waals surface area contributed by atoms with E-state index < -0.39 is 0 Å². The molecule has 1 aliphatic rings. The fourth-order valence-electron chi connectivity index (χ4n) is 1.30. The molecule has 2 heterocycles. The maximum Gasteiger partial charge on any atom is 0.294 e. The van der Waals surface area contributed by atoms with E-state index in [0.717, 1.165) is 18.0 Å². The zero-order valence-electron chi connectivity index (χ0n) is 8.23. The minimum absolute atomic E-state index is 0.0838. The number of carbonyl (C=O) groups excluding carboxylic acids is 1. The molecule has 1 aliphatic heterocycles. The van der Waals surface area contributed by atoms with Gasteiger partial charge in [0.1, 0.15) is 0 Å². The number of methoxy groups -OCH3 is 1. The molecule has 82 valence electrons. The Labute approximate surface area is 90.8 Å². The summed E-state index contributed by atoms with van der Waals surface area (Å²) in [7, 11) is 1.51. The lowest BCUT2D eigenvalue weighted by Gasteiger charge is -2.05. The molecule has 1 saturated heterocycles. The van der Waals surface area contributed by atoms with Crippen LogP contribution in [0.15, 0.2) is 0 Å². The van der Waals surface area contributed by atoms with Gasteiger partial charge in [-0.05, 0) is 6.42 Å². The second-order valence-corrected chi connectivity index (χ2v) is 3.85. The Kier molecular flexibility index (Phi) is 3.12. The van der Waals surface area contributed by atoms with Crippen LogP contribution in [0.3, 0.4) is 0 Å². The Morgan fingerprint density at radius 3 is 3.20 bits per heavy atom. The van der Waals surface area contributed by atoms with E-state index in [0.29, 0.717) is 24.4 Å². The standard InChI is InChI=1S/C8H11N3O3S/c1-13-8-10-7(11-15-8)9-6(12)5-2-3-14-4-5/h5H,2-4H2,1H3,(H,9,11,12). The average Bonchev–Trinajstić information content (AvgIpc) is 2.87. The summed E-state index contributed by atoms with van der Waals surface area (Å²) < 4.78 is 13.9. The van der Waals surface area contributed by atoms with Crippen LogP contribution in [0, 0.1) is 5.92 Å². The second kappa shape index (κ2) is 4.54. The lowest BCUT2D eigenvalue weighted by molar-refractivity contribution is -0.119. The lowest BCUT2D eigenvalue weighted by Crippen LogP contribution is -2.23. The van der Waals surface area contributed by atoms with Crippen LogP contribution >= 0.6 is 11.5 Å². The predicted octanol–water partition coefficient (Wildman–Crippen LogP) is 0.522. The maximum atomic E-state index is 11.6. The molecule has 0 spiro atoms. The van der Waals surface area contributed by atoms with Gasteiger partial charge >= 0.3 is 0 Å². The van der Waals surface area contributed by atoms with Crippen LogP contribution < -0.4 is 10.1 Å². The van der Waals surface area contributed by atoms with Crippen LogP contribution in [-0.4, -0.2) is 35.6 Å². The van der Waals surface area contributed by atoms with E-state index in [1.807, 2.05) is 0 Å². The highest BCUT2D eigenvalue weighted by Gasteiger charge is 2.24. The van der Waals surface area contributed by atoms with Crippen LogP contribution in [0.5, 0.6) is 5.19 Å². The van der Waals surface area contributed by atoms with Gasteiger partial charge in [-0.15, -0.1) is 4.37 Å². The quantitative estimate of drug-likeness (QED) is 0.818. The lowest BCUT2D eigenvalue weighted by atomic mass is 10.1. The van der Waals surface area contributed by atoms with Crippen molar-refractivity contribution in [1.29, 1.82) is 0 Å². The van der Waals surface area contributed by atoms with E-state index in [-0.39, 0.29) is 11.8 Å². The predicted molar refractivity (Wildman–Crippen MR) is 54.0 cm³/mol. The summed E-state index contributed by atoms with van der Waals surface area (Å²) in [5, 5.41) is 3.07. The molecule has 0 aromatic carbocycles. The minimum atomic E-state index is -0.0899. The van der Waals surface area contributed by atoms with E-state index >= 15 is 0 Å². The summed E-state index contributed by atoms with van der Waals surface area (Å²) in [5.41, 5.74) is 0. The highest BCUT2D eigenvalue weighted by atomic mass is 32.1. The van der Waals surface area contributed by atoms with Crippen molar-refractivity contribution in [1.82, 2.24) is 9.36 Å². The molecule has 0 radical (unpaired) electrons. The number of rotatable bonds is 3. The van der Waals surface area contributed by atoms with Crippen LogP contribution in [0.4, 0.5) is 5.95 Å². The summed E-state index contributed by atoms with van der Waals surface area (Å²) in [6.07, 6.45) is 0.757. The fourth-order valence-corrected chi connectivity index (χ4v) is 1.75. The van der Waals surface area contributed by atoms with Gasteiger partial charge in [0.25, 0.3) is 5.19 Å². The van der Waals surface area contributed by atoms with Gasteiger partial charge in [0.05, 0.1) is 19.6 Å². The molecule has 0 bridgehead atoms. The first-order valence-electron chi connectivity index (χ1n) is 4.56. The molecule has 1 unspecified atom stereocenters. The third-order valence-corrected chi connectivity index (χ3v) is 2.80. The SMILES string of the molecule is COc1nc(NC(=O)C2CCOC2)ns1. The minimum Gasteiger partial charge on any atom is -0.472 e. The molecule has 0 aliphatic carbocycles. The van der Waals surface area contributed by atoms with Crippen molar-refractivity contribution < 1.29 is 14.3 Å². The number of aromatic nitrogens is 2. The van der Waals surface area contributed by atoms with Gasteiger partial charge in [-0.1, -0.05) is 0 Å². The van der Waals surface area contributed by atoms with Gasteiger partial charge in [0.15, 0.2) is 0 Å². The molecule has 1 amide bonds. The van der Waals surface area contributed by atoms with Crippen LogP contribution in [0.25, 0.3) is 0 Å². The van der Waals surface area contributed by atoms with Gasteiger partial charge < -0.3 is 9.47 Å². The molecule has 6 nitrogen and oxygen atoms in total. The Hall–Kier alpha value is -1.21. The molecule has 1 aromatic heterocycles. The first kappa shape index (κ1) is 10.3. The molecule has 1 atom stereocenters. The number of amides is 1. The second-order valence-electron chi connectivity index (χ2n) is 3.14. The molecule has 1 aromatic rings. The fraction of sp³-hybridized carbons (Fsp3) is 0.625. The number of hydrogen-bond donors (Lipinski definition) is 1. The van der Waals surface area contributed by atoms with Crippen molar-refractivity contribution in [2.24, 2.45) is 5.92 Å².